The molecule has 0 unspecified atom stereocenters. The molecule has 0 aromatic carbocycles. The molecule has 162 valence electrons. The Labute approximate surface area is 163 Å². The van der Waals surface area contributed by atoms with Crippen LogP contribution < -0.4 is 33.2 Å². The lowest BCUT2D eigenvalue weighted by molar-refractivity contribution is -0.145. The second kappa shape index (κ2) is 13.0. The van der Waals surface area contributed by atoms with Crippen LogP contribution in [0.4, 0.5) is 0 Å². The Morgan fingerprint density at radius 3 is 1.68 bits per heavy atom. The molecule has 0 saturated carbocycles. The third kappa shape index (κ3) is 8.61. The predicted octanol–water partition coefficient (Wildman–Crippen LogP) is -3.66. The molecule has 0 aliphatic rings. The average molecular weight is 404 g/mol. The van der Waals surface area contributed by atoms with Crippen LogP contribution in [-0.4, -0.2) is 77.3 Å². The molecule has 0 aromatic heterocycles. The molecular formula is C16H32N6O6. The molecule has 0 heterocycles. The van der Waals surface area contributed by atoms with Crippen molar-refractivity contribution in [2.75, 3.05) is 13.1 Å². The van der Waals surface area contributed by atoms with E-state index >= 15 is 0 Å². The third-order valence-electron chi connectivity index (χ3n) is 4.00. The van der Waals surface area contributed by atoms with Crippen molar-refractivity contribution < 1.29 is 29.4 Å². The molecule has 12 nitrogen and oxygen atoms in total. The van der Waals surface area contributed by atoms with E-state index in [9.17, 15) is 24.3 Å². The summed E-state index contributed by atoms with van der Waals surface area (Å²) in [4.78, 5) is 48.0. The van der Waals surface area contributed by atoms with E-state index in [1.165, 1.54) is 6.92 Å². The Balaban J connectivity index is 5.19. The molecule has 12 heteroatoms. The minimum absolute atomic E-state index is 0.0154. The van der Waals surface area contributed by atoms with Gasteiger partial charge < -0.3 is 43.4 Å². The maximum absolute atomic E-state index is 12.5. The monoisotopic (exact) mass is 404 g/mol. The number of carbonyl (C=O) groups is 4. The van der Waals surface area contributed by atoms with Crippen molar-refractivity contribution in [1.29, 1.82) is 0 Å². The van der Waals surface area contributed by atoms with Crippen molar-refractivity contribution in [1.82, 2.24) is 16.0 Å². The number of hydrogen-bond donors (Lipinski definition) is 8. The van der Waals surface area contributed by atoms with Gasteiger partial charge in [0.2, 0.25) is 17.7 Å². The molecule has 11 N–H and O–H groups in total. The summed E-state index contributed by atoms with van der Waals surface area (Å²) in [6.07, 6.45) is -0.857. The van der Waals surface area contributed by atoms with E-state index in [2.05, 4.69) is 16.0 Å². The highest BCUT2D eigenvalue weighted by atomic mass is 16.4. The standard InChI is InChI=1S/C16H32N6O6/c1-3-9(19)13(24)20-10(4-6-17)14(25)21-11(5-7-18)15(26)22-12(8(2)23)16(27)28/h8-12,23H,3-7,17-19H2,1-2H3,(H,20,24)(H,21,25)(H,22,26)(H,27,28)/t8-,9+,10+,11+,12+/m1/s1. The van der Waals surface area contributed by atoms with Gasteiger partial charge in [-0.15, -0.1) is 0 Å². The summed E-state index contributed by atoms with van der Waals surface area (Å²) in [5, 5.41) is 25.6. The molecule has 3 amide bonds. The van der Waals surface area contributed by atoms with Crippen LogP contribution in [0.15, 0.2) is 0 Å². The van der Waals surface area contributed by atoms with Crippen LogP contribution in [0.2, 0.25) is 0 Å². The van der Waals surface area contributed by atoms with Crippen molar-refractivity contribution in [3.8, 4) is 0 Å². The highest BCUT2D eigenvalue weighted by molar-refractivity contribution is 5.94. The first-order valence-electron chi connectivity index (χ1n) is 9.06. The predicted molar refractivity (Wildman–Crippen MR) is 101 cm³/mol. The van der Waals surface area contributed by atoms with Gasteiger partial charge in [-0.1, -0.05) is 6.92 Å². The fourth-order valence-electron chi connectivity index (χ4n) is 2.25. The molecule has 0 spiro atoms. The van der Waals surface area contributed by atoms with E-state index in [4.69, 9.17) is 22.3 Å². The van der Waals surface area contributed by atoms with Gasteiger partial charge in [-0.05, 0) is 39.3 Å². The zero-order chi connectivity index (χ0) is 21.9. The summed E-state index contributed by atoms with van der Waals surface area (Å²) in [5.74, 6) is -3.46. The molecule has 0 bridgehead atoms. The summed E-state index contributed by atoms with van der Waals surface area (Å²) < 4.78 is 0. The Morgan fingerprint density at radius 2 is 1.32 bits per heavy atom. The van der Waals surface area contributed by atoms with Gasteiger partial charge in [0.25, 0.3) is 0 Å². The van der Waals surface area contributed by atoms with Crippen LogP contribution in [0.25, 0.3) is 0 Å². The maximum Gasteiger partial charge on any atom is 0.328 e. The minimum atomic E-state index is -1.55. The van der Waals surface area contributed by atoms with Crippen LogP contribution in [0.3, 0.4) is 0 Å². The molecule has 0 aliphatic carbocycles. The molecular weight excluding hydrogens is 372 g/mol. The number of amides is 3. The van der Waals surface area contributed by atoms with E-state index in [0.717, 1.165) is 0 Å². The van der Waals surface area contributed by atoms with E-state index in [0.29, 0.717) is 6.42 Å². The number of carbonyl (C=O) groups excluding carboxylic acids is 3. The minimum Gasteiger partial charge on any atom is -0.480 e. The second-order valence-corrected chi connectivity index (χ2v) is 6.36. The fourth-order valence-corrected chi connectivity index (χ4v) is 2.25. The highest BCUT2D eigenvalue weighted by Crippen LogP contribution is 2.00. The van der Waals surface area contributed by atoms with Crippen LogP contribution in [0.1, 0.15) is 33.1 Å². The quantitative estimate of drug-likeness (QED) is 0.151. The number of nitrogens with two attached hydrogens (primary N) is 3. The lowest BCUT2D eigenvalue weighted by Crippen LogP contribution is -2.58. The van der Waals surface area contributed by atoms with Gasteiger partial charge in [0.1, 0.15) is 12.1 Å². The molecule has 0 rings (SSSR count). The van der Waals surface area contributed by atoms with Gasteiger partial charge in [-0.3, -0.25) is 14.4 Å². The normalized spacial score (nSPS) is 16.2. The van der Waals surface area contributed by atoms with Gasteiger partial charge in [0, 0.05) is 0 Å². The van der Waals surface area contributed by atoms with Gasteiger partial charge >= 0.3 is 5.97 Å². The molecule has 0 fully saturated rings. The SMILES string of the molecule is CC[C@H](N)C(=O)N[C@@H](CCN)C(=O)N[C@@H](CCN)C(=O)N[C@H](C(=O)O)[C@@H](C)O. The van der Waals surface area contributed by atoms with Gasteiger partial charge in [0.05, 0.1) is 12.1 Å². The first-order valence-corrected chi connectivity index (χ1v) is 9.06. The summed E-state index contributed by atoms with van der Waals surface area (Å²) in [5.41, 5.74) is 16.6. The van der Waals surface area contributed by atoms with Gasteiger partial charge in [-0.25, -0.2) is 4.79 Å². The fraction of sp³-hybridized carbons (Fsp3) is 0.750. The number of rotatable bonds is 13. The Hall–Kier alpha value is -2.28. The van der Waals surface area contributed by atoms with E-state index in [1.807, 2.05) is 0 Å². The lowest BCUT2D eigenvalue weighted by Gasteiger charge is -2.25. The Bertz CT molecular complexity index is 544. The smallest absolute Gasteiger partial charge is 0.328 e. The number of aliphatic hydroxyl groups excluding tert-OH is 1. The van der Waals surface area contributed by atoms with Crippen LogP contribution in [0.5, 0.6) is 0 Å². The van der Waals surface area contributed by atoms with Crippen molar-refractivity contribution in [2.24, 2.45) is 17.2 Å². The number of carboxylic acids is 1. The zero-order valence-corrected chi connectivity index (χ0v) is 16.2. The van der Waals surface area contributed by atoms with Crippen molar-refractivity contribution >= 4 is 23.7 Å². The number of nitrogens with one attached hydrogen (secondary N) is 3. The summed E-state index contributed by atoms with van der Waals surface area (Å²) >= 11 is 0. The number of aliphatic hydroxyl groups is 1. The first-order chi connectivity index (χ1) is 13.1. The molecule has 5 atom stereocenters. The number of aliphatic carboxylic acids is 1. The van der Waals surface area contributed by atoms with Crippen LogP contribution >= 0.6 is 0 Å². The molecule has 0 aromatic rings. The van der Waals surface area contributed by atoms with E-state index in [-0.39, 0.29) is 25.9 Å². The number of hydrogen-bond acceptors (Lipinski definition) is 8. The first kappa shape index (κ1) is 25.7. The van der Waals surface area contributed by atoms with Crippen molar-refractivity contribution in [3.63, 3.8) is 0 Å². The topological polar surface area (TPSA) is 223 Å². The molecule has 0 aliphatic heterocycles. The van der Waals surface area contributed by atoms with E-state index < -0.39 is 54.0 Å². The zero-order valence-electron chi connectivity index (χ0n) is 16.2. The van der Waals surface area contributed by atoms with Gasteiger partial charge in [0.15, 0.2) is 6.04 Å². The van der Waals surface area contributed by atoms with Crippen molar-refractivity contribution in [3.05, 3.63) is 0 Å². The summed E-state index contributed by atoms with van der Waals surface area (Å²) in [7, 11) is 0. The largest absolute Gasteiger partial charge is 0.480 e. The Morgan fingerprint density at radius 1 is 0.893 bits per heavy atom. The van der Waals surface area contributed by atoms with Crippen LogP contribution in [0, 0.1) is 0 Å². The van der Waals surface area contributed by atoms with E-state index in [1.54, 1.807) is 6.92 Å². The summed E-state index contributed by atoms with van der Waals surface area (Å²) in [6, 6.07) is -4.52. The number of carboxylic acid groups (broad SMARTS) is 1. The van der Waals surface area contributed by atoms with Gasteiger partial charge in [-0.2, -0.15) is 0 Å². The lowest BCUT2D eigenvalue weighted by atomic mass is 10.1. The van der Waals surface area contributed by atoms with Crippen LogP contribution in [-0.2, 0) is 19.2 Å². The second-order valence-electron chi connectivity index (χ2n) is 6.36. The maximum atomic E-state index is 12.5. The third-order valence-corrected chi connectivity index (χ3v) is 4.00. The highest BCUT2D eigenvalue weighted by Gasteiger charge is 2.31. The molecule has 0 radical (unpaired) electrons. The van der Waals surface area contributed by atoms with Crippen molar-refractivity contribution in [2.45, 2.75) is 63.4 Å². The molecule has 28 heavy (non-hydrogen) atoms. The Kier molecular flexibility index (Phi) is 11.9. The molecule has 0 saturated heterocycles. The average Bonchev–Trinajstić information content (AvgIpc) is 2.63. The summed E-state index contributed by atoms with van der Waals surface area (Å²) in [6.45, 7) is 3.04.